The van der Waals surface area contributed by atoms with E-state index in [1.54, 1.807) is 13.2 Å². The number of nitrogens with one attached hydrogen (secondary N) is 1. The van der Waals surface area contributed by atoms with E-state index in [1.807, 2.05) is 18.2 Å². The van der Waals surface area contributed by atoms with Crippen molar-refractivity contribution in [1.82, 2.24) is 10.2 Å². The molecule has 1 N–H and O–H groups in total. The van der Waals surface area contributed by atoms with Crippen molar-refractivity contribution in [3.63, 3.8) is 0 Å². The number of benzene rings is 2. The molecule has 1 aliphatic rings. The molecule has 1 fully saturated rings. The molecule has 2 aromatic carbocycles. The van der Waals surface area contributed by atoms with E-state index >= 15 is 0 Å². The molecule has 0 aliphatic carbocycles. The zero-order chi connectivity index (χ0) is 18.4. The SMILES string of the molecule is COc1ccc(CNC(=O)C2CCN(Cc3ccccc3)CC2)c(Cl)c1. The van der Waals surface area contributed by atoms with Gasteiger partial charge in [0.2, 0.25) is 5.91 Å². The Kier molecular flexibility index (Phi) is 6.53. The van der Waals surface area contributed by atoms with Gasteiger partial charge in [0.05, 0.1) is 7.11 Å². The maximum atomic E-state index is 12.5. The number of hydrogen-bond acceptors (Lipinski definition) is 3. The van der Waals surface area contributed by atoms with Gasteiger partial charge >= 0.3 is 0 Å². The van der Waals surface area contributed by atoms with E-state index in [2.05, 4.69) is 34.5 Å². The molecule has 0 aromatic heterocycles. The first-order valence-corrected chi connectivity index (χ1v) is 9.40. The van der Waals surface area contributed by atoms with Crippen LogP contribution >= 0.6 is 11.6 Å². The first-order valence-electron chi connectivity index (χ1n) is 9.02. The molecule has 138 valence electrons. The predicted molar refractivity (Wildman–Crippen MR) is 104 cm³/mol. The van der Waals surface area contributed by atoms with E-state index < -0.39 is 0 Å². The summed E-state index contributed by atoms with van der Waals surface area (Å²) in [5.41, 5.74) is 2.23. The second kappa shape index (κ2) is 9.06. The van der Waals surface area contributed by atoms with E-state index in [-0.39, 0.29) is 11.8 Å². The molecule has 4 nitrogen and oxygen atoms in total. The van der Waals surface area contributed by atoms with E-state index in [0.29, 0.717) is 11.6 Å². The first-order chi connectivity index (χ1) is 12.7. The van der Waals surface area contributed by atoms with Crippen molar-refractivity contribution >= 4 is 17.5 Å². The van der Waals surface area contributed by atoms with E-state index in [1.165, 1.54) is 5.56 Å². The van der Waals surface area contributed by atoms with Crippen LogP contribution in [0.3, 0.4) is 0 Å². The average molecular weight is 373 g/mol. The number of hydrogen-bond donors (Lipinski definition) is 1. The average Bonchev–Trinajstić information content (AvgIpc) is 2.68. The van der Waals surface area contributed by atoms with Gasteiger partial charge < -0.3 is 10.1 Å². The van der Waals surface area contributed by atoms with Gasteiger partial charge in [0.15, 0.2) is 0 Å². The van der Waals surface area contributed by atoms with Gasteiger partial charge in [-0.05, 0) is 49.2 Å². The van der Waals surface area contributed by atoms with Crippen molar-refractivity contribution in [2.45, 2.75) is 25.9 Å². The fourth-order valence-corrected chi connectivity index (χ4v) is 3.56. The highest BCUT2D eigenvalue weighted by molar-refractivity contribution is 6.31. The molecule has 1 aliphatic heterocycles. The highest BCUT2D eigenvalue weighted by Gasteiger charge is 2.24. The minimum absolute atomic E-state index is 0.0825. The van der Waals surface area contributed by atoms with Gasteiger partial charge in [0, 0.05) is 24.0 Å². The number of carbonyl (C=O) groups is 1. The lowest BCUT2D eigenvalue weighted by molar-refractivity contribution is -0.126. The zero-order valence-corrected chi connectivity index (χ0v) is 15.8. The molecule has 0 spiro atoms. The topological polar surface area (TPSA) is 41.6 Å². The molecule has 2 aromatic rings. The predicted octanol–water partition coefficient (Wildman–Crippen LogP) is 3.88. The number of carbonyl (C=O) groups excluding carboxylic acids is 1. The summed E-state index contributed by atoms with van der Waals surface area (Å²) in [6, 6.07) is 16.0. The summed E-state index contributed by atoms with van der Waals surface area (Å²) < 4.78 is 5.15. The molecular weight excluding hydrogens is 348 g/mol. The summed E-state index contributed by atoms with van der Waals surface area (Å²) in [4.78, 5) is 14.9. The highest BCUT2D eigenvalue weighted by atomic mass is 35.5. The maximum absolute atomic E-state index is 12.5. The Hall–Kier alpha value is -2.04. The smallest absolute Gasteiger partial charge is 0.223 e. The lowest BCUT2D eigenvalue weighted by Crippen LogP contribution is -2.40. The molecule has 26 heavy (non-hydrogen) atoms. The number of ether oxygens (including phenoxy) is 1. The highest BCUT2D eigenvalue weighted by Crippen LogP contribution is 2.23. The standard InChI is InChI=1S/C21H25ClN2O2/c1-26-19-8-7-18(20(22)13-19)14-23-21(25)17-9-11-24(12-10-17)15-16-5-3-2-4-6-16/h2-8,13,17H,9-12,14-15H2,1H3,(H,23,25). The largest absolute Gasteiger partial charge is 0.497 e. The van der Waals surface area contributed by atoms with Crippen LogP contribution in [0.15, 0.2) is 48.5 Å². The summed E-state index contributed by atoms with van der Waals surface area (Å²) >= 11 is 6.24. The summed E-state index contributed by atoms with van der Waals surface area (Å²) in [6.07, 6.45) is 1.80. The molecule has 5 heteroatoms. The van der Waals surface area contributed by atoms with Gasteiger partial charge in [-0.3, -0.25) is 9.69 Å². The monoisotopic (exact) mass is 372 g/mol. The molecule has 0 unspecified atom stereocenters. The zero-order valence-electron chi connectivity index (χ0n) is 15.1. The lowest BCUT2D eigenvalue weighted by atomic mass is 9.95. The summed E-state index contributed by atoms with van der Waals surface area (Å²) in [7, 11) is 1.61. The van der Waals surface area contributed by atoms with Crippen LogP contribution in [0.25, 0.3) is 0 Å². The molecule has 0 radical (unpaired) electrons. The van der Waals surface area contributed by atoms with Crippen molar-refractivity contribution in [3.8, 4) is 5.75 Å². The number of methoxy groups -OCH3 is 1. The van der Waals surface area contributed by atoms with Gasteiger partial charge in [0.1, 0.15) is 5.75 Å². The number of halogens is 1. The molecule has 0 saturated carbocycles. The third kappa shape index (κ3) is 4.99. The van der Waals surface area contributed by atoms with Crippen LogP contribution in [0.5, 0.6) is 5.75 Å². The van der Waals surface area contributed by atoms with Gasteiger partial charge in [-0.2, -0.15) is 0 Å². The summed E-state index contributed by atoms with van der Waals surface area (Å²) in [5.74, 6) is 0.922. The molecule has 1 saturated heterocycles. The minimum atomic E-state index is 0.0825. The van der Waals surface area contributed by atoms with Crippen molar-refractivity contribution < 1.29 is 9.53 Å². The van der Waals surface area contributed by atoms with Crippen LogP contribution in [0.1, 0.15) is 24.0 Å². The molecule has 0 atom stereocenters. The Morgan fingerprint density at radius 3 is 2.58 bits per heavy atom. The van der Waals surface area contributed by atoms with Crippen LogP contribution < -0.4 is 10.1 Å². The number of amides is 1. The number of piperidine rings is 1. The summed E-state index contributed by atoms with van der Waals surface area (Å²) in [5, 5.41) is 3.64. The Morgan fingerprint density at radius 2 is 1.92 bits per heavy atom. The van der Waals surface area contributed by atoms with E-state index in [9.17, 15) is 4.79 Å². The Balaban J connectivity index is 1.45. The Morgan fingerprint density at radius 1 is 1.19 bits per heavy atom. The molecule has 3 rings (SSSR count). The van der Waals surface area contributed by atoms with Gasteiger partial charge in [0.25, 0.3) is 0 Å². The van der Waals surface area contributed by atoms with Crippen LogP contribution in [0.2, 0.25) is 5.02 Å². The van der Waals surface area contributed by atoms with Crippen molar-refractivity contribution in [3.05, 3.63) is 64.7 Å². The third-order valence-electron chi connectivity index (χ3n) is 4.92. The fourth-order valence-electron chi connectivity index (χ4n) is 3.32. The molecule has 0 bridgehead atoms. The Bertz CT molecular complexity index is 728. The van der Waals surface area contributed by atoms with Crippen LogP contribution in [0.4, 0.5) is 0 Å². The number of rotatable bonds is 6. The minimum Gasteiger partial charge on any atom is -0.497 e. The van der Waals surface area contributed by atoms with Gasteiger partial charge in [-0.25, -0.2) is 0 Å². The van der Waals surface area contributed by atoms with Crippen molar-refractivity contribution in [2.75, 3.05) is 20.2 Å². The van der Waals surface area contributed by atoms with Crippen molar-refractivity contribution in [2.24, 2.45) is 5.92 Å². The Labute approximate surface area is 160 Å². The second-order valence-corrected chi connectivity index (χ2v) is 7.12. The van der Waals surface area contributed by atoms with Gasteiger partial charge in [-0.1, -0.05) is 48.0 Å². The lowest BCUT2D eigenvalue weighted by Gasteiger charge is -2.31. The number of nitrogens with zero attached hydrogens (tertiary/aromatic N) is 1. The normalized spacial score (nSPS) is 15.6. The van der Waals surface area contributed by atoms with Crippen LogP contribution in [-0.2, 0) is 17.9 Å². The van der Waals surface area contributed by atoms with E-state index in [4.69, 9.17) is 16.3 Å². The third-order valence-corrected chi connectivity index (χ3v) is 5.27. The second-order valence-electron chi connectivity index (χ2n) is 6.71. The van der Waals surface area contributed by atoms with Crippen LogP contribution in [-0.4, -0.2) is 31.0 Å². The molecule has 1 heterocycles. The molecular formula is C21H25ClN2O2. The molecule has 1 amide bonds. The fraction of sp³-hybridized carbons (Fsp3) is 0.381. The van der Waals surface area contributed by atoms with Crippen molar-refractivity contribution in [1.29, 1.82) is 0 Å². The van der Waals surface area contributed by atoms with Gasteiger partial charge in [-0.15, -0.1) is 0 Å². The van der Waals surface area contributed by atoms with Crippen LogP contribution in [0, 0.1) is 5.92 Å². The summed E-state index contributed by atoms with van der Waals surface area (Å²) in [6.45, 7) is 3.31. The first kappa shape index (κ1) is 18.7. The number of likely N-dealkylation sites (tertiary alicyclic amines) is 1. The quantitative estimate of drug-likeness (QED) is 0.836. The van der Waals surface area contributed by atoms with E-state index in [0.717, 1.165) is 43.8 Å². The maximum Gasteiger partial charge on any atom is 0.223 e.